The molecular weight excluding hydrogens is 392 g/mol. The molecule has 0 aromatic heterocycles. The average Bonchev–Trinajstić information content (AvgIpc) is 2.67. The van der Waals surface area contributed by atoms with E-state index in [1.807, 2.05) is 31.2 Å². The Morgan fingerprint density at radius 2 is 1.83 bits per heavy atom. The lowest BCUT2D eigenvalue weighted by Gasteiger charge is -2.11. The van der Waals surface area contributed by atoms with Gasteiger partial charge in [-0.1, -0.05) is 35.9 Å². The first-order valence-electron chi connectivity index (χ1n) is 8.75. The molecule has 0 saturated heterocycles. The van der Waals surface area contributed by atoms with E-state index in [0.717, 1.165) is 17.2 Å². The molecule has 0 bridgehead atoms. The highest BCUT2D eigenvalue weighted by atomic mass is 35.5. The third-order valence-electron chi connectivity index (χ3n) is 4.15. The zero-order valence-corrected chi connectivity index (χ0v) is 16.3. The van der Waals surface area contributed by atoms with E-state index in [2.05, 4.69) is 10.5 Å². The largest absolute Gasteiger partial charge is 0.508 e. The van der Waals surface area contributed by atoms with E-state index in [1.165, 1.54) is 18.3 Å². The fraction of sp³-hybridized carbons (Fsp3) is 0.0909. The summed E-state index contributed by atoms with van der Waals surface area (Å²) in [5.74, 6) is -0.468. The van der Waals surface area contributed by atoms with Gasteiger partial charge >= 0.3 is 0 Å². The molecule has 7 heteroatoms. The number of carbonyl (C=O) groups excluding carboxylic acids is 1. The molecule has 6 nitrogen and oxygen atoms in total. The Bertz CT molecular complexity index is 1050. The summed E-state index contributed by atoms with van der Waals surface area (Å²) in [5.41, 5.74) is 5.18. The molecule has 3 N–H and O–H groups in total. The smallest absolute Gasteiger partial charge is 0.271 e. The van der Waals surface area contributed by atoms with Gasteiger partial charge in [0.25, 0.3) is 5.91 Å². The molecule has 0 unspecified atom stereocenters. The number of nitrogens with one attached hydrogen (secondary N) is 1. The number of aromatic hydroxyl groups is 2. The maximum Gasteiger partial charge on any atom is 0.271 e. The van der Waals surface area contributed by atoms with E-state index in [1.54, 1.807) is 18.2 Å². The molecule has 0 heterocycles. The van der Waals surface area contributed by atoms with Crippen molar-refractivity contribution in [2.24, 2.45) is 5.10 Å². The number of phenolic OH excluding ortho intramolecular Hbond substituents is 2. The van der Waals surface area contributed by atoms with Gasteiger partial charge in [-0.05, 0) is 48.4 Å². The molecule has 3 rings (SSSR count). The Hall–Kier alpha value is -3.51. The molecule has 0 aliphatic heterocycles. The number of benzene rings is 3. The second kappa shape index (κ2) is 9.12. The van der Waals surface area contributed by atoms with E-state index in [4.69, 9.17) is 16.3 Å². The van der Waals surface area contributed by atoms with Crippen LogP contribution in [-0.4, -0.2) is 22.3 Å². The highest BCUT2D eigenvalue weighted by Crippen LogP contribution is 2.23. The van der Waals surface area contributed by atoms with Gasteiger partial charge in [0.15, 0.2) is 0 Å². The second-order valence-electron chi connectivity index (χ2n) is 6.33. The van der Waals surface area contributed by atoms with Crippen molar-refractivity contribution in [3.05, 3.63) is 87.9 Å². The lowest BCUT2D eigenvalue weighted by molar-refractivity contribution is 0.0954. The summed E-state index contributed by atoms with van der Waals surface area (Å²) in [6, 6.07) is 16.6. The Kier molecular flexibility index (Phi) is 6.36. The molecule has 0 saturated carbocycles. The number of rotatable bonds is 6. The van der Waals surface area contributed by atoms with Gasteiger partial charge in [0.2, 0.25) is 0 Å². The summed E-state index contributed by atoms with van der Waals surface area (Å²) >= 11 is 6.07. The number of amides is 1. The van der Waals surface area contributed by atoms with Gasteiger partial charge in [0.1, 0.15) is 23.9 Å². The van der Waals surface area contributed by atoms with Crippen molar-refractivity contribution in [1.82, 2.24) is 5.43 Å². The van der Waals surface area contributed by atoms with Crippen LogP contribution >= 0.6 is 11.6 Å². The van der Waals surface area contributed by atoms with Gasteiger partial charge in [0, 0.05) is 22.2 Å². The Morgan fingerprint density at radius 1 is 1.10 bits per heavy atom. The number of hydrazone groups is 1. The third kappa shape index (κ3) is 5.49. The van der Waals surface area contributed by atoms with Gasteiger partial charge in [-0.3, -0.25) is 4.79 Å². The van der Waals surface area contributed by atoms with E-state index >= 15 is 0 Å². The summed E-state index contributed by atoms with van der Waals surface area (Å²) in [6.45, 7) is 2.39. The molecular formula is C22H19ClN2O4. The van der Waals surface area contributed by atoms with Crippen LogP contribution in [0.3, 0.4) is 0 Å². The Morgan fingerprint density at radius 3 is 2.55 bits per heavy atom. The van der Waals surface area contributed by atoms with Crippen molar-refractivity contribution < 1.29 is 19.7 Å². The number of aryl methyl sites for hydroxylation is 1. The summed E-state index contributed by atoms with van der Waals surface area (Å²) in [5, 5.41) is 23.4. The minimum atomic E-state index is -0.586. The van der Waals surface area contributed by atoms with Gasteiger partial charge in [-0.2, -0.15) is 5.10 Å². The lowest BCUT2D eigenvalue weighted by atomic mass is 10.1. The van der Waals surface area contributed by atoms with Gasteiger partial charge in [-0.25, -0.2) is 5.43 Å². The first kappa shape index (κ1) is 20.2. The first-order valence-corrected chi connectivity index (χ1v) is 9.13. The molecule has 29 heavy (non-hydrogen) atoms. The molecule has 0 atom stereocenters. The SMILES string of the molecule is Cc1ccccc1COc1ccc(Cl)cc1/C=N\NC(=O)c1cc(O)cc(O)c1. The molecule has 148 valence electrons. The van der Waals surface area contributed by atoms with Crippen LogP contribution < -0.4 is 10.2 Å². The van der Waals surface area contributed by atoms with Crippen molar-refractivity contribution in [3.8, 4) is 17.2 Å². The maximum absolute atomic E-state index is 12.1. The highest BCUT2D eigenvalue weighted by Gasteiger charge is 2.08. The van der Waals surface area contributed by atoms with Crippen molar-refractivity contribution in [3.63, 3.8) is 0 Å². The molecule has 0 radical (unpaired) electrons. The minimum Gasteiger partial charge on any atom is -0.508 e. The van der Waals surface area contributed by atoms with Crippen LogP contribution in [0.15, 0.2) is 65.8 Å². The molecule has 0 spiro atoms. The monoisotopic (exact) mass is 410 g/mol. The Balaban J connectivity index is 1.72. The second-order valence-corrected chi connectivity index (χ2v) is 6.77. The maximum atomic E-state index is 12.1. The first-order chi connectivity index (χ1) is 13.9. The standard InChI is InChI=1S/C22H19ClN2O4/c1-14-4-2-3-5-15(14)13-29-21-7-6-18(23)8-17(21)12-24-25-22(28)16-9-19(26)11-20(27)10-16/h2-12,26-27H,13H2,1H3,(H,25,28)/b24-12-. The summed E-state index contributed by atoms with van der Waals surface area (Å²) in [6.07, 6.45) is 1.42. The zero-order valence-electron chi connectivity index (χ0n) is 15.6. The fourth-order valence-electron chi connectivity index (χ4n) is 2.63. The summed E-state index contributed by atoms with van der Waals surface area (Å²) in [4.78, 5) is 12.1. The molecule has 0 aliphatic carbocycles. The molecule has 3 aromatic rings. The average molecular weight is 411 g/mol. The van der Waals surface area contributed by atoms with Crippen LogP contribution in [0.4, 0.5) is 0 Å². The minimum absolute atomic E-state index is 0.0711. The predicted molar refractivity (Wildman–Crippen MR) is 112 cm³/mol. The van der Waals surface area contributed by atoms with Crippen LogP contribution in [-0.2, 0) is 6.61 Å². The number of hydrogen-bond donors (Lipinski definition) is 3. The zero-order chi connectivity index (χ0) is 20.8. The van der Waals surface area contributed by atoms with Crippen LogP contribution in [0, 0.1) is 6.92 Å². The Labute approximate surface area is 173 Å². The van der Waals surface area contributed by atoms with Crippen molar-refractivity contribution >= 4 is 23.7 Å². The van der Waals surface area contributed by atoms with E-state index in [0.29, 0.717) is 22.9 Å². The third-order valence-corrected chi connectivity index (χ3v) is 4.39. The molecule has 3 aromatic carbocycles. The van der Waals surface area contributed by atoms with Crippen LogP contribution in [0.25, 0.3) is 0 Å². The molecule has 0 fully saturated rings. The normalized spacial score (nSPS) is 10.8. The van der Waals surface area contributed by atoms with E-state index in [9.17, 15) is 15.0 Å². The van der Waals surface area contributed by atoms with Crippen LogP contribution in [0.5, 0.6) is 17.2 Å². The van der Waals surface area contributed by atoms with Crippen LogP contribution in [0.2, 0.25) is 5.02 Å². The van der Waals surface area contributed by atoms with Crippen molar-refractivity contribution in [2.75, 3.05) is 0 Å². The van der Waals surface area contributed by atoms with Crippen LogP contribution in [0.1, 0.15) is 27.0 Å². The van der Waals surface area contributed by atoms with E-state index in [-0.39, 0.29) is 17.1 Å². The molecule has 0 aliphatic rings. The van der Waals surface area contributed by atoms with Gasteiger partial charge < -0.3 is 14.9 Å². The number of phenols is 2. The predicted octanol–water partition coefficient (Wildman–Crippen LogP) is 4.40. The van der Waals surface area contributed by atoms with Gasteiger partial charge in [-0.15, -0.1) is 0 Å². The molecule has 1 amide bonds. The quantitative estimate of drug-likeness (QED) is 0.415. The summed E-state index contributed by atoms with van der Waals surface area (Å²) in [7, 11) is 0. The fourth-order valence-corrected chi connectivity index (χ4v) is 2.81. The summed E-state index contributed by atoms with van der Waals surface area (Å²) < 4.78 is 5.90. The van der Waals surface area contributed by atoms with E-state index < -0.39 is 5.91 Å². The number of halogens is 1. The highest BCUT2D eigenvalue weighted by molar-refractivity contribution is 6.30. The topological polar surface area (TPSA) is 91.2 Å². The number of ether oxygens (including phenoxy) is 1. The number of carbonyl (C=O) groups is 1. The number of hydrogen-bond acceptors (Lipinski definition) is 5. The van der Waals surface area contributed by atoms with Crippen molar-refractivity contribution in [1.29, 1.82) is 0 Å². The van der Waals surface area contributed by atoms with Gasteiger partial charge in [0.05, 0.1) is 6.21 Å². The number of nitrogens with zero attached hydrogens (tertiary/aromatic N) is 1. The van der Waals surface area contributed by atoms with Crippen molar-refractivity contribution in [2.45, 2.75) is 13.5 Å². The lowest BCUT2D eigenvalue weighted by Crippen LogP contribution is -2.17.